The minimum absolute atomic E-state index is 0.0297. The summed E-state index contributed by atoms with van der Waals surface area (Å²) in [4.78, 5) is 0. The SMILES string of the molecule is CC1=C(C)C(C)(c2ccccc2)c2ccccc21. The average molecular weight is 234 g/mol. The molecular weight excluding hydrogens is 216 g/mol. The molecule has 2 aromatic carbocycles. The molecule has 18 heavy (non-hydrogen) atoms. The lowest BCUT2D eigenvalue weighted by Gasteiger charge is -2.29. The van der Waals surface area contributed by atoms with Crippen molar-refractivity contribution in [2.24, 2.45) is 0 Å². The Balaban J connectivity index is 2.31. The van der Waals surface area contributed by atoms with Crippen LogP contribution < -0.4 is 0 Å². The van der Waals surface area contributed by atoms with Gasteiger partial charge in [-0.1, -0.05) is 60.2 Å². The first-order chi connectivity index (χ1) is 8.65. The van der Waals surface area contributed by atoms with Crippen LogP contribution in [0.2, 0.25) is 0 Å². The number of rotatable bonds is 1. The van der Waals surface area contributed by atoms with Gasteiger partial charge in [0, 0.05) is 5.41 Å². The molecule has 3 rings (SSSR count). The van der Waals surface area contributed by atoms with E-state index in [1.54, 1.807) is 0 Å². The van der Waals surface area contributed by atoms with Crippen molar-refractivity contribution in [2.45, 2.75) is 26.2 Å². The summed E-state index contributed by atoms with van der Waals surface area (Å²) in [6.45, 7) is 6.84. The second-order valence-electron chi connectivity index (χ2n) is 5.29. The van der Waals surface area contributed by atoms with Gasteiger partial charge in [-0.3, -0.25) is 0 Å². The number of fused-ring (bicyclic) bond motifs is 1. The second kappa shape index (κ2) is 3.84. The van der Waals surface area contributed by atoms with Crippen LogP contribution in [-0.4, -0.2) is 0 Å². The van der Waals surface area contributed by atoms with Crippen LogP contribution in [0.3, 0.4) is 0 Å². The molecule has 0 amide bonds. The molecule has 0 spiro atoms. The number of allylic oxidation sites excluding steroid dienone is 2. The predicted octanol–water partition coefficient (Wildman–Crippen LogP) is 4.80. The van der Waals surface area contributed by atoms with Crippen molar-refractivity contribution in [3.63, 3.8) is 0 Å². The molecule has 1 aliphatic carbocycles. The standard InChI is InChI=1S/C18H18/c1-13-14(2)18(3,15-9-5-4-6-10-15)17-12-8-7-11-16(13)17/h4-12H,1-3H3. The van der Waals surface area contributed by atoms with Gasteiger partial charge < -0.3 is 0 Å². The Hall–Kier alpha value is -1.82. The predicted molar refractivity (Wildman–Crippen MR) is 77.6 cm³/mol. The van der Waals surface area contributed by atoms with Crippen LogP contribution in [-0.2, 0) is 5.41 Å². The van der Waals surface area contributed by atoms with Crippen molar-refractivity contribution < 1.29 is 0 Å². The topological polar surface area (TPSA) is 0 Å². The van der Waals surface area contributed by atoms with Crippen molar-refractivity contribution in [1.29, 1.82) is 0 Å². The first-order valence-electron chi connectivity index (χ1n) is 6.49. The molecule has 0 aliphatic heterocycles. The summed E-state index contributed by atoms with van der Waals surface area (Å²) in [5.74, 6) is 0. The summed E-state index contributed by atoms with van der Waals surface area (Å²) in [6, 6.07) is 19.6. The largest absolute Gasteiger partial charge is 0.0622 e. The minimum Gasteiger partial charge on any atom is -0.0622 e. The summed E-state index contributed by atoms with van der Waals surface area (Å²) < 4.78 is 0. The van der Waals surface area contributed by atoms with Gasteiger partial charge in [-0.05, 0) is 43.0 Å². The fraction of sp³-hybridized carbons (Fsp3) is 0.222. The molecule has 0 saturated heterocycles. The Morgan fingerprint density at radius 1 is 0.778 bits per heavy atom. The van der Waals surface area contributed by atoms with E-state index in [0.717, 1.165) is 0 Å². The summed E-state index contributed by atoms with van der Waals surface area (Å²) >= 11 is 0. The Labute approximate surface area is 109 Å². The van der Waals surface area contributed by atoms with Gasteiger partial charge in [0.05, 0.1) is 0 Å². The van der Waals surface area contributed by atoms with Crippen LogP contribution in [0, 0.1) is 0 Å². The highest BCUT2D eigenvalue weighted by molar-refractivity contribution is 5.80. The Bertz CT molecular complexity index is 619. The third kappa shape index (κ3) is 1.32. The van der Waals surface area contributed by atoms with Gasteiger partial charge in [0.2, 0.25) is 0 Å². The Morgan fingerprint density at radius 2 is 1.39 bits per heavy atom. The molecule has 90 valence electrons. The van der Waals surface area contributed by atoms with Gasteiger partial charge in [0.15, 0.2) is 0 Å². The monoisotopic (exact) mass is 234 g/mol. The third-order valence-electron chi connectivity index (χ3n) is 4.53. The zero-order valence-corrected chi connectivity index (χ0v) is 11.2. The van der Waals surface area contributed by atoms with Gasteiger partial charge >= 0.3 is 0 Å². The van der Waals surface area contributed by atoms with Crippen LogP contribution in [0.4, 0.5) is 0 Å². The molecule has 0 heterocycles. The molecule has 0 saturated carbocycles. The van der Waals surface area contributed by atoms with Crippen molar-refractivity contribution >= 4 is 5.57 Å². The fourth-order valence-corrected chi connectivity index (χ4v) is 3.17. The number of benzene rings is 2. The Kier molecular flexibility index (Phi) is 2.41. The molecule has 0 heteroatoms. The Morgan fingerprint density at radius 3 is 2.11 bits per heavy atom. The zero-order valence-electron chi connectivity index (χ0n) is 11.2. The van der Waals surface area contributed by atoms with Crippen LogP contribution in [0.25, 0.3) is 5.57 Å². The smallest absolute Gasteiger partial charge is 0.0392 e. The lowest BCUT2D eigenvalue weighted by Crippen LogP contribution is -2.22. The molecule has 0 aromatic heterocycles. The van der Waals surface area contributed by atoms with Gasteiger partial charge in [-0.25, -0.2) is 0 Å². The highest BCUT2D eigenvalue weighted by atomic mass is 14.4. The first kappa shape index (κ1) is 11.3. The summed E-state index contributed by atoms with van der Waals surface area (Å²) in [7, 11) is 0. The number of hydrogen-bond acceptors (Lipinski definition) is 0. The molecule has 0 bridgehead atoms. The molecule has 0 nitrogen and oxygen atoms in total. The molecule has 1 atom stereocenters. The van der Waals surface area contributed by atoms with Gasteiger partial charge in [-0.15, -0.1) is 0 Å². The summed E-state index contributed by atoms with van der Waals surface area (Å²) in [6.07, 6.45) is 0. The van der Waals surface area contributed by atoms with E-state index in [1.807, 2.05) is 0 Å². The highest BCUT2D eigenvalue weighted by Crippen LogP contribution is 2.49. The maximum absolute atomic E-state index is 2.34. The van der Waals surface area contributed by atoms with Crippen molar-refractivity contribution in [1.82, 2.24) is 0 Å². The zero-order chi connectivity index (χ0) is 12.8. The fourth-order valence-electron chi connectivity index (χ4n) is 3.17. The maximum Gasteiger partial charge on any atom is 0.0392 e. The minimum atomic E-state index is 0.0297. The molecule has 1 aliphatic rings. The van der Waals surface area contributed by atoms with Crippen molar-refractivity contribution in [2.75, 3.05) is 0 Å². The second-order valence-corrected chi connectivity index (χ2v) is 5.29. The van der Waals surface area contributed by atoms with E-state index in [2.05, 4.69) is 75.4 Å². The van der Waals surface area contributed by atoms with E-state index in [-0.39, 0.29) is 5.41 Å². The summed E-state index contributed by atoms with van der Waals surface area (Å²) in [5.41, 5.74) is 7.15. The van der Waals surface area contributed by atoms with Crippen molar-refractivity contribution in [3.05, 3.63) is 76.9 Å². The van der Waals surface area contributed by atoms with E-state index in [9.17, 15) is 0 Å². The lowest BCUT2D eigenvalue weighted by atomic mass is 9.74. The van der Waals surface area contributed by atoms with Crippen LogP contribution in [0.15, 0.2) is 60.2 Å². The molecule has 0 N–H and O–H groups in total. The molecule has 0 fully saturated rings. The summed E-state index contributed by atoms with van der Waals surface area (Å²) in [5, 5.41) is 0. The van der Waals surface area contributed by atoms with Crippen LogP contribution >= 0.6 is 0 Å². The van der Waals surface area contributed by atoms with E-state index >= 15 is 0 Å². The van der Waals surface area contributed by atoms with E-state index < -0.39 is 0 Å². The van der Waals surface area contributed by atoms with Crippen LogP contribution in [0.5, 0.6) is 0 Å². The maximum atomic E-state index is 2.34. The van der Waals surface area contributed by atoms with Crippen LogP contribution in [0.1, 0.15) is 37.5 Å². The van der Waals surface area contributed by atoms with E-state index in [4.69, 9.17) is 0 Å². The quantitative estimate of drug-likeness (QED) is 0.665. The van der Waals surface area contributed by atoms with Gasteiger partial charge in [0.25, 0.3) is 0 Å². The normalized spacial score (nSPS) is 22.2. The van der Waals surface area contributed by atoms with Gasteiger partial charge in [-0.2, -0.15) is 0 Å². The molecule has 1 unspecified atom stereocenters. The number of hydrogen-bond donors (Lipinski definition) is 0. The van der Waals surface area contributed by atoms with E-state index in [0.29, 0.717) is 0 Å². The van der Waals surface area contributed by atoms with Gasteiger partial charge in [0.1, 0.15) is 0 Å². The highest BCUT2D eigenvalue weighted by Gasteiger charge is 2.38. The average Bonchev–Trinajstić information content (AvgIpc) is 2.64. The van der Waals surface area contributed by atoms with E-state index in [1.165, 1.54) is 27.8 Å². The lowest BCUT2D eigenvalue weighted by molar-refractivity contribution is 0.690. The molecule has 2 aromatic rings. The first-order valence-corrected chi connectivity index (χ1v) is 6.49. The molecular formula is C18H18. The third-order valence-corrected chi connectivity index (χ3v) is 4.53. The molecule has 0 radical (unpaired) electrons. The van der Waals surface area contributed by atoms with Crippen molar-refractivity contribution in [3.8, 4) is 0 Å².